The summed E-state index contributed by atoms with van der Waals surface area (Å²) in [4.78, 5) is 54.8. The van der Waals surface area contributed by atoms with Crippen LogP contribution in [0.4, 0.5) is 27.6 Å². The van der Waals surface area contributed by atoms with E-state index < -0.39 is 54.1 Å². The second kappa shape index (κ2) is 15.8. The van der Waals surface area contributed by atoms with Gasteiger partial charge in [0.2, 0.25) is 0 Å². The van der Waals surface area contributed by atoms with Crippen molar-refractivity contribution in [2.75, 3.05) is 25.0 Å². The van der Waals surface area contributed by atoms with Gasteiger partial charge in [0, 0.05) is 23.8 Å². The molecule has 2 aliphatic heterocycles. The number of carbonyl (C=O) groups is 4. The van der Waals surface area contributed by atoms with E-state index in [1.807, 2.05) is 18.5 Å². The van der Waals surface area contributed by atoms with Crippen LogP contribution >= 0.6 is 0 Å². The van der Waals surface area contributed by atoms with Gasteiger partial charge in [0.05, 0.1) is 62.3 Å². The molecule has 0 radical (unpaired) electrons. The van der Waals surface area contributed by atoms with E-state index in [1.165, 1.54) is 15.9 Å². The topological polar surface area (TPSA) is 185 Å². The number of piperidine rings is 1. The first-order chi connectivity index (χ1) is 25.3. The Balaban J connectivity index is 0.000000730. The summed E-state index contributed by atoms with van der Waals surface area (Å²) in [5.74, 6) is -7.29. The van der Waals surface area contributed by atoms with Gasteiger partial charge in [-0.15, -0.1) is 0 Å². The first-order valence-electron chi connectivity index (χ1n) is 16.9. The summed E-state index contributed by atoms with van der Waals surface area (Å²) in [6.45, 7) is 5.90. The van der Waals surface area contributed by atoms with Gasteiger partial charge in [-0.05, 0) is 47.7 Å². The van der Waals surface area contributed by atoms with Gasteiger partial charge in [-0.3, -0.25) is 14.4 Å². The fourth-order valence-electron chi connectivity index (χ4n) is 6.57. The average molecular weight is 761 g/mol. The molecule has 18 heteroatoms. The van der Waals surface area contributed by atoms with Crippen LogP contribution < -0.4 is 25.4 Å². The number of aliphatic carboxylic acids is 2. The third-order valence-electron chi connectivity index (χ3n) is 9.09. The maximum Gasteiger partial charge on any atom is 0.430 e. The smallest absolute Gasteiger partial charge is 0.430 e. The Bertz CT molecular complexity index is 2100. The first-order valence-corrected chi connectivity index (χ1v) is 16.9. The molecule has 4 heterocycles. The molecular formula is C36H37F5N6O7. The van der Waals surface area contributed by atoms with Gasteiger partial charge in [0.25, 0.3) is 11.8 Å². The van der Waals surface area contributed by atoms with Crippen LogP contribution in [0.5, 0.6) is 5.75 Å². The average Bonchev–Trinajstić information content (AvgIpc) is 3.50. The lowest BCUT2D eigenvalue weighted by Crippen LogP contribution is -3.10. The number of carboxylic acids is 2. The monoisotopic (exact) mass is 760 g/mol. The Morgan fingerprint density at radius 2 is 1.76 bits per heavy atom. The molecular weight excluding hydrogens is 723 g/mol. The molecule has 0 aliphatic carbocycles. The molecule has 2 aromatic carbocycles. The number of carboxylic acid groups (broad SMARTS) is 2. The summed E-state index contributed by atoms with van der Waals surface area (Å²) in [5, 5.41) is 23.7. The van der Waals surface area contributed by atoms with Gasteiger partial charge in [0.1, 0.15) is 11.7 Å². The fraction of sp³-hybridized carbons (Fsp3) is 0.389. The number of benzene rings is 2. The van der Waals surface area contributed by atoms with Gasteiger partial charge in [-0.2, -0.15) is 18.3 Å². The minimum atomic E-state index is -5.19. The van der Waals surface area contributed by atoms with Crippen molar-refractivity contribution in [2.45, 2.75) is 64.4 Å². The molecule has 4 N–H and O–H groups in total. The number of halogens is 5. The number of anilines is 1. The van der Waals surface area contributed by atoms with Crippen molar-refractivity contribution in [1.82, 2.24) is 14.8 Å². The van der Waals surface area contributed by atoms with Crippen LogP contribution in [0.15, 0.2) is 42.6 Å². The number of amides is 2. The number of fused-ring (bicyclic) bond motifs is 2. The van der Waals surface area contributed by atoms with Crippen molar-refractivity contribution in [3.8, 4) is 16.9 Å². The SMILES string of the molecule is CC(C)Cc1nc2c(cnn2C2CC[NH+](C)CC2)c(-c2ccc3c(c2)OC(CC(=O)O)C(=O)N3Cc2ccc(F)c(F)c2)c1C(N)=O.O=C([O-])C(F)(F)F. The number of aromatic nitrogens is 3. The Hall–Kier alpha value is -5.65. The van der Waals surface area contributed by atoms with E-state index in [4.69, 9.17) is 30.5 Å². The number of nitrogens with two attached hydrogens (primary N) is 1. The van der Waals surface area contributed by atoms with Crippen molar-refractivity contribution in [3.63, 3.8) is 0 Å². The Labute approximate surface area is 305 Å². The molecule has 0 bridgehead atoms. The van der Waals surface area contributed by atoms with Crippen LogP contribution in [0.25, 0.3) is 22.2 Å². The van der Waals surface area contributed by atoms with E-state index in [9.17, 15) is 41.4 Å². The Morgan fingerprint density at radius 1 is 1.09 bits per heavy atom. The van der Waals surface area contributed by atoms with E-state index >= 15 is 0 Å². The number of hydrogen-bond acceptors (Lipinski definition) is 8. The highest BCUT2D eigenvalue weighted by molar-refractivity contribution is 6.09. The normalized spacial score (nSPS) is 18.5. The first kappa shape index (κ1) is 39.6. The Kier molecular flexibility index (Phi) is 11.5. The zero-order chi connectivity index (χ0) is 39.6. The number of likely N-dealkylation sites (tertiary alicyclic amines) is 1. The minimum absolute atomic E-state index is 0.141. The van der Waals surface area contributed by atoms with Crippen molar-refractivity contribution in [2.24, 2.45) is 11.7 Å². The molecule has 1 atom stereocenters. The minimum Gasteiger partial charge on any atom is -0.542 e. The summed E-state index contributed by atoms with van der Waals surface area (Å²) < 4.78 is 67.2. The predicted molar refractivity (Wildman–Crippen MR) is 180 cm³/mol. The maximum absolute atomic E-state index is 14.1. The molecule has 288 valence electrons. The molecule has 0 saturated carbocycles. The molecule has 13 nitrogen and oxygen atoms in total. The fourth-order valence-corrected chi connectivity index (χ4v) is 6.57. The molecule has 2 aliphatic rings. The molecule has 0 spiro atoms. The van der Waals surface area contributed by atoms with E-state index in [2.05, 4.69) is 7.05 Å². The van der Waals surface area contributed by atoms with Crippen LogP contribution in [0.2, 0.25) is 0 Å². The number of quaternary nitrogens is 1. The lowest BCUT2D eigenvalue weighted by Gasteiger charge is -2.34. The van der Waals surface area contributed by atoms with E-state index in [1.54, 1.807) is 24.4 Å². The summed E-state index contributed by atoms with van der Waals surface area (Å²) in [6, 6.07) is 8.45. The van der Waals surface area contributed by atoms with Crippen LogP contribution in [0.3, 0.4) is 0 Å². The third kappa shape index (κ3) is 8.59. The summed E-state index contributed by atoms with van der Waals surface area (Å²) in [6.07, 6.45) is -3.15. The molecule has 2 amide bonds. The number of nitrogens with zero attached hydrogens (tertiary/aromatic N) is 4. The highest BCUT2D eigenvalue weighted by Gasteiger charge is 2.37. The van der Waals surface area contributed by atoms with Gasteiger partial charge in [-0.25, -0.2) is 18.4 Å². The zero-order valence-electron chi connectivity index (χ0n) is 29.4. The quantitative estimate of drug-likeness (QED) is 0.216. The van der Waals surface area contributed by atoms with Crippen molar-refractivity contribution in [1.29, 1.82) is 0 Å². The number of pyridine rings is 1. The number of hydrogen-bond donors (Lipinski definition) is 3. The summed E-state index contributed by atoms with van der Waals surface area (Å²) in [5.41, 5.74) is 9.15. The van der Waals surface area contributed by atoms with E-state index in [-0.39, 0.29) is 29.8 Å². The number of primary amides is 1. The van der Waals surface area contributed by atoms with Crippen LogP contribution in [0, 0.1) is 17.6 Å². The van der Waals surface area contributed by atoms with E-state index in [0.29, 0.717) is 45.5 Å². The lowest BCUT2D eigenvalue weighted by atomic mass is 9.92. The van der Waals surface area contributed by atoms with Gasteiger partial charge in [-0.1, -0.05) is 26.0 Å². The number of carbonyl (C=O) groups excluding carboxylic acids is 3. The summed E-state index contributed by atoms with van der Waals surface area (Å²) >= 11 is 0. The number of nitrogens with one attached hydrogen (secondary N) is 1. The van der Waals surface area contributed by atoms with Gasteiger partial charge in [0.15, 0.2) is 23.4 Å². The maximum atomic E-state index is 14.1. The largest absolute Gasteiger partial charge is 0.542 e. The second-order valence-corrected chi connectivity index (χ2v) is 13.6. The Morgan fingerprint density at radius 3 is 2.33 bits per heavy atom. The molecule has 1 fully saturated rings. The molecule has 4 aromatic rings. The number of ether oxygens (including phenoxy) is 1. The van der Waals surface area contributed by atoms with Crippen molar-refractivity contribution in [3.05, 3.63) is 71.1 Å². The van der Waals surface area contributed by atoms with Crippen molar-refractivity contribution >= 4 is 40.5 Å². The van der Waals surface area contributed by atoms with Gasteiger partial charge >= 0.3 is 12.1 Å². The number of alkyl halides is 3. The predicted octanol–water partition coefficient (Wildman–Crippen LogP) is 2.59. The standard InChI is InChI=1S/C34H36F2N6O5.C2HF3O2/c1-18(2)12-25-31(32(37)45)30(22-16-38-42(33(22)39-25)21-8-10-40(3)11-9-21)20-5-7-26-27(14-20)47-28(15-29(43)44)34(46)41(26)17-19-4-6-23(35)24(36)13-19;3-2(4,5)1(6)7/h4-7,13-14,16,18,21,28H,8-12,15,17H2,1-3H3,(H2,37,45)(H,43,44);(H,6,7). The number of rotatable bonds is 9. The molecule has 1 saturated heterocycles. The third-order valence-corrected chi connectivity index (χ3v) is 9.09. The van der Waals surface area contributed by atoms with Crippen LogP contribution in [-0.2, 0) is 27.3 Å². The van der Waals surface area contributed by atoms with Gasteiger partial charge < -0.3 is 35.3 Å². The zero-order valence-corrected chi connectivity index (χ0v) is 29.4. The second-order valence-electron chi connectivity index (χ2n) is 13.6. The lowest BCUT2D eigenvalue weighted by molar-refractivity contribution is -0.885. The molecule has 1 unspecified atom stereocenters. The molecule has 2 aromatic heterocycles. The highest BCUT2D eigenvalue weighted by atomic mass is 19.4. The highest BCUT2D eigenvalue weighted by Crippen LogP contribution is 2.42. The summed E-state index contributed by atoms with van der Waals surface area (Å²) in [7, 11) is 2.17. The van der Waals surface area contributed by atoms with E-state index in [0.717, 1.165) is 38.1 Å². The van der Waals surface area contributed by atoms with Crippen LogP contribution in [-0.4, -0.2) is 76.0 Å². The molecule has 6 rings (SSSR count). The molecule has 54 heavy (non-hydrogen) atoms. The van der Waals surface area contributed by atoms with Crippen molar-refractivity contribution < 1.29 is 61.0 Å². The van der Waals surface area contributed by atoms with Crippen LogP contribution in [0.1, 0.15) is 60.8 Å².